The number of rotatable bonds is 4. The number of hydrogen-bond donors (Lipinski definition) is 1. The number of hydrogen-bond acceptors (Lipinski definition) is 5. The first-order valence-corrected chi connectivity index (χ1v) is 7.72. The number of thiazole rings is 1. The zero-order chi connectivity index (χ0) is 14.7. The Kier molecular flexibility index (Phi) is 4.06. The van der Waals surface area contributed by atoms with Crippen LogP contribution in [0.4, 0.5) is 5.13 Å². The maximum Gasteiger partial charge on any atom is 0.303 e. The fraction of sp³-hybridized carbons (Fsp3) is 0.333. The quantitative estimate of drug-likeness (QED) is 0.940. The van der Waals surface area contributed by atoms with Crippen LogP contribution in [0.5, 0.6) is 5.75 Å². The standard InChI is InChI=1S/C15H16N2O3S/c18-14(19)6-5-12-10-21-15(16-12)17-7-8-20-13-4-2-1-3-11(13)9-17/h1-4,10H,5-9H2,(H,18,19). The number of carbonyl (C=O) groups is 1. The number of anilines is 1. The summed E-state index contributed by atoms with van der Waals surface area (Å²) >= 11 is 1.56. The van der Waals surface area contributed by atoms with Crippen LogP contribution in [-0.2, 0) is 17.8 Å². The van der Waals surface area contributed by atoms with Gasteiger partial charge in [0.15, 0.2) is 5.13 Å². The summed E-state index contributed by atoms with van der Waals surface area (Å²) in [6.07, 6.45) is 0.599. The molecule has 110 valence electrons. The van der Waals surface area contributed by atoms with Crippen LogP contribution in [0, 0.1) is 0 Å². The Bertz CT molecular complexity index is 641. The molecule has 0 amide bonds. The number of carboxylic acid groups (broad SMARTS) is 1. The number of benzene rings is 1. The van der Waals surface area contributed by atoms with Crippen LogP contribution in [0.15, 0.2) is 29.6 Å². The van der Waals surface area contributed by atoms with Crippen LogP contribution in [0.2, 0.25) is 0 Å². The maximum absolute atomic E-state index is 10.6. The molecule has 2 aromatic rings. The smallest absolute Gasteiger partial charge is 0.303 e. The molecule has 0 saturated heterocycles. The van der Waals surface area contributed by atoms with Gasteiger partial charge >= 0.3 is 5.97 Å². The Balaban J connectivity index is 1.73. The third kappa shape index (κ3) is 3.33. The van der Waals surface area contributed by atoms with E-state index < -0.39 is 5.97 Å². The predicted octanol–water partition coefficient (Wildman–Crippen LogP) is 2.56. The topological polar surface area (TPSA) is 62.7 Å². The van der Waals surface area contributed by atoms with Gasteiger partial charge in [0.25, 0.3) is 0 Å². The van der Waals surface area contributed by atoms with Gasteiger partial charge in [0.05, 0.1) is 18.7 Å². The molecule has 6 heteroatoms. The van der Waals surface area contributed by atoms with Crippen molar-refractivity contribution in [3.8, 4) is 5.75 Å². The summed E-state index contributed by atoms with van der Waals surface area (Å²) in [7, 11) is 0. The summed E-state index contributed by atoms with van der Waals surface area (Å²) in [6.45, 7) is 2.17. The highest BCUT2D eigenvalue weighted by Gasteiger charge is 2.17. The molecule has 0 fully saturated rings. The third-order valence-electron chi connectivity index (χ3n) is 3.36. The minimum Gasteiger partial charge on any atom is -0.491 e. The molecule has 21 heavy (non-hydrogen) atoms. The second kappa shape index (κ2) is 6.13. The van der Waals surface area contributed by atoms with E-state index in [1.54, 1.807) is 11.3 Å². The minimum absolute atomic E-state index is 0.120. The molecule has 1 aliphatic heterocycles. The van der Waals surface area contributed by atoms with Gasteiger partial charge in [-0.3, -0.25) is 4.79 Å². The van der Waals surface area contributed by atoms with Gasteiger partial charge in [0, 0.05) is 23.9 Å². The van der Waals surface area contributed by atoms with Gasteiger partial charge in [-0.2, -0.15) is 0 Å². The van der Waals surface area contributed by atoms with Crippen LogP contribution in [0.3, 0.4) is 0 Å². The molecule has 3 rings (SSSR count). The number of aromatic nitrogens is 1. The lowest BCUT2D eigenvalue weighted by Gasteiger charge is -2.18. The average molecular weight is 304 g/mol. The average Bonchev–Trinajstić information content (AvgIpc) is 2.84. The Morgan fingerprint density at radius 3 is 3.14 bits per heavy atom. The van der Waals surface area contributed by atoms with Crippen molar-refractivity contribution in [1.29, 1.82) is 0 Å². The Hall–Kier alpha value is -2.08. The van der Waals surface area contributed by atoms with Gasteiger partial charge in [-0.1, -0.05) is 18.2 Å². The van der Waals surface area contributed by atoms with Crippen LogP contribution in [-0.4, -0.2) is 29.2 Å². The van der Waals surface area contributed by atoms with Crippen molar-refractivity contribution in [2.24, 2.45) is 0 Å². The molecule has 1 aliphatic rings. The summed E-state index contributed by atoms with van der Waals surface area (Å²) in [4.78, 5) is 17.3. The number of nitrogens with zero attached hydrogens (tertiary/aromatic N) is 2. The summed E-state index contributed by atoms with van der Waals surface area (Å²) in [6, 6.07) is 8.03. The Labute approximate surface area is 126 Å². The normalized spacial score (nSPS) is 14.2. The molecule has 0 saturated carbocycles. The maximum atomic E-state index is 10.6. The van der Waals surface area contributed by atoms with Gasteiger partial charge < -0.3 is 14.7 Å². The van der Waals surface area contributed by atoms with Crippen molar-refractivity contribution in [1.82, 2.24) is 4.98 Å². The van der Waals surface area contributed by atoms with Crippen molar-refractivity contribution < 1.29 is 14.6 Å². The van der Waals surface area contributed by atoms with E-state index in [0.717, 1.165) is 35.2 Å². The van der Waals surface area contributed by atoms with E-state index in [4.69, 9.17) is 9.84 Å². The predicted molar refractivity (Wildman–Crippen MR) is 81.1 cm³/mol. The lowest BCUT2D eigenvalue weighted by Crippen LogP contribution is -2.25. The molecule has 5 nitrogen and oxygen atoms in total. The van der Waals surface area contributed by atoms with Crippen LogP contribution >= 0.6 is 11.3 Å². The molecule has 1 aromatic heterocycles. The second-order valence-corrected chi connectivity index (χ2v) is 5.73. The summed E-state index contributed by atoms with van der Waals surface area (Å²) in [5.74, 6) is 0.143. The number of para-hydroxylation sites is 1. The Morgan fingerprint density at radius 1 is 1.43 bits per heavy atom. The molecule has 2 heterocycles. The first-order chi connectivity index (χ1) is 10.2. The fourth-order valence-corrected chi connectivity index (χ4v) is 3.17. The van der Waals surface area contributed by atoms with Gasteiger partial charge in [-0.05, 0) is 6.07 Å². The lowest BCUT2D eigenvalue weighted by molar-refractivity contribution is -0.136. The first kappa shape index (κ1) is 13.9. The van der Waals surface area contributed by atoms with Crippen molar-refractivity contribution in [2.75, 3.05) is 18.1 Å². The highest BCUT2D eigenvalue weighted by atomic mass is 32.1. The summed E-state index contributed by atoms with van der Waals surface area (Å²) < 4.78 is 5.74. The molecule has 0 bridgehead atoms. The summed E-state index contributed by atoms with van der Waals surface area (Å²) in [5.41, 5.74) is 1.99. The molecule has 0 atom stereocenters. The fourth-order valence-electron chi connectivity index (χ4n) is 2.28. The van der Waals surface area contributed by atoms with E-state index >= 15 is 0 Å². The Morgan fingerprint density at radius 2 is 2.29 bits per heavy atom. The number of carboxylic acids is 1. The zero-order valence-corrected chi connectivity index (χ0v) is 12.3. The van der Waals surface area contributed by atoms with Gasteiger partial charge in [-0.15, -0.1) is 11.3 Å². The van der Waals surface area contributed by atoms with Crippen LogP contribution < -0.4 is 9.64 Å². The molecule has 0 spiro atoms. The lowest BCUT2D eigenvalue weighted by atomic mass is 10.2. The molecular weight excluding hydrogens is 288 g/mol. The van der Waals surface area contributed by atoms with Crippen LogP contribution in [0.25, 0.3) is 0 Å². The van der Waals surface area contributed by atoms with E-state index in [-0.39, 0.29) is 6.42 Å². The van der Waals surface area contributed by atoms with Gasteiger partial charge in [0.2, 0.25) is 0 Å². The first-order valence-electron chi connectivity index (χ1n) is 6.84. The number of fused-ring (bicyclic) bond motifs is 1. The molecule has 1 aromatic carbocycles. The van der Waals surface area contributed by atoms with E-state index in [0.29, 0.717) is 13.0 Å². The second-order valence-electron chi connectivity index (χ2n) is 4.89. The number of ether oxygens (including phenoxy) is 1. The zero-order valence-electron chi connectivity index (χ0n) is 11.5. The highest BCUT2D eigenvalue weighted by molar-refractivity contribution is 7.13. The van der Waals surface area contributed by atoms with Crippen molar-refractivity contribution in [3.05, 3.63) is 40.9 Å². The molecule has 0 aliphatic carbocycles. The third-order valence-corrected chi connectivity index (χ3v) is 4.31. The SMILES string of the molecule is O=C(O)CCc1csc(N2CCOc3ccccc3C2)n1. The molecule has 0 radical (unpaired) electrons. The summed E-state index contributed by atoms with van der Waals surface area (Å²) in [5, 5.41) is 11.6. The molecule has 1 N–H and O–H groups in total. The van der Waals surface area contributed by atoms with E-state index in [1.807, 2.05) is 23.6 Å². The van der Waals surface area contributed by atoms with E-state index in [1.165, 1.54) is 0 Å². The van der Waals surface area contributed by atoms with Gasteiger partial charge in [0.1, 0.15) is 12.4 Å². The monoisotopic (exact) mass is 304 g/mol. The molecule has 0 unspecified atom stereocenters. The minimum atomic E-state index is -0.790. The molecular formula is C15H16N2O3S. The van der Waals surface area contributed by atoms with Crippen molar-refractivity contribution >= 4 is 22.4 Å². The van der Waals surface area contributed by atoms with E-state index in [9.17, 15) is 4.79 Å². The number of aliphatic carboxylic acids is 1. The van der Waals surface area contributed by atoms with Crippen molar-refractivity contribution in [2.45, 2.75) is 19.4 Å². The van der Waals surface area contributed by atoms with E-state index in [2.05, 4.69) is 16.0 Å². The number of aryl methyl sites for hydroxylation is 1. The highest BCUT2D eigenvalue weighted by Crippen LogP contribution is 2.28. The van der Waals surface area contributed by atoms with Crippen LogP contribution in [0.1, 0.15) is 17.7 Å². The largest absolute Gasteiger partial charge is 0.491 e. The van der Waals surface area contributed by atoms with Gasteiger partial charge in [-0.25, -0.2) is 4.98 Å². The van der Waals surface area contributed by atoms with Crippen molar-refractivity contribution in [3.63, 3.8) is 0 Å².